The van der Waals surface area contributed by atoms with E-state index in [2.05, 4.69) is 14.9 Å². The molecule has 2 heterocycles. The Morgan fingerprint density at radius 2 is 2.12 bits per heavy atom. The van der Waals surface area contributed by atoms with Gasteiger partial charge in [-0.1, -0.05) is 23.7 Å². The van der Waals surface area contributed by atoms with Crippen molar-refractivity contribution in [2.45, 2.75) is 0 Å². The maximum Gasteiger partial charge on any atom is 0.199 e. The smallest absolute Gasteiger partial charge is 0.199 e. The summed E-state index contributed by atoms with van der Waals surface area (Å²) in [6, 6.07) is 7.59. The highest BCUT2D eigenvalue weighted by molar-refractivity contribution is 6.31. The molecule has 2 N–H and O–H groups in total. The van der Waals surface area contributed by atoms with Crippen LogP contribution in [0.2, 0.25) is 5.15 Å². The van der Waals surface area contributed by atoms with Crippen LogP contribution in [0.3, 0.4) is 0 Å². The fraction of sp³-hybridized carbons (Fsp3) is 0.278. The molecule has 2 aromatic rings. The second-order valence-electron chi connectivity index (χ2n) is 5.51. The summed E-state index contributed by atoms with van der Waals surface area (Å²) in [6.45, 7) is 2.72. The van der Waals surface area contributed by atoms with Crippen LogP contribution in [0.4, 0.5) is 11.5 Å². The normalized spacial score (nSPS) is 15.1. The Kier molecular flexibility index (Phi) is 6.04. The minimum atomic E-state index is 0.277. The van der Waals surface area contributed by atoms with Crippen molar-refractivity contribution in [3.63, 3.8) is 0 Å². The number of methoxy groups -OCH3 is 1. The Morgan fingerprint density at radius 1 is 1.31 bits per heavy atom. The van der Waals surface area contributed by atoms with Crippen LogP contribution in [0.15, 0.2) is 41.5 Å². The first-order valence-electron chi connectivity index (χ1n) is 8.18. The number of aromatic nitrogens is 2. The summed E-state index contributed by atoms with van der Waals surface area (Å²) in [7, 11) is 1.56. The highest BCUT2D eigenvalue weighted by Crippen LogP contribution is 2.35. The van der Waals surface area contributed by atoms with Crippen molar-refractivity contribution in [3.05, 3.63) is 41.7 Å². The van der Waals surface area contributed by atoms with Gasteiger partial charge < -0.3 is 20.1 Å². The third-order valence-corrected chi connectivity index (χ3v) is 4.10. The van der Waals surface area contributed by atoms with E-state index in [1.54, 1.807) is 19.4 Å². The molecule has 136 valence electrons. The Hall–Kier alpha value is -2.64. The van der Waals surface area contributed by atoms with Gasteiger partial charge in [-0.3, -0.25) is 4.99 Å². The number of ether oxygens (including phenoxy) is 2. The largest absolute Gasteiger partial charge is 0.490 e. The number of nitrogens with two attached hydrogens (primary N) is 1. The summed E-state index contributed by atoms with van der Waals surface area (Å²) in [5.74, 6) is 1.66. The monoisotopic (exact) mass is 373 g/mol. The standard InChI is InChI=1S/C18H20ClN5O2/c1-25-15-16(19)22-17(23-18(15)24-8-10-26-11-9-24)13-4-2-5-14(12-13)21-7-3-6-20/h2-7,12H,8-11,20H2,1H3/b6-3-,21-7?. The molecule has 1 aliphatic rings. The number of morpholine rings is 1. The zero-order chi connectivity index (χ0) is 18.4. The first-order valence-corrected chi connectivity index (χ1v) is 8.56. The third kappa shape index (κ3) is 4.12. The first kappa shape index (κ1) is 18.2. The van der Waals surface area contributed by atoms with Crippen molar-refractivity contribution < 1.29 is 9.47 Å². The van der Waals surface area contributed by atoms with Crippen LogP contribution in [0, 0.1) is 0 Å². The third-order valence-electron chi connectivity index (χ3n) is 3.85. The summed E-state index contributed by atoms with van der Waals surface area (Å²) in [4.78, 5) is 15.5. The lowest BCUT2D eigenvalue weighted by Gasteiger charge is -2.29. The average molecular weight is 374 g/mol. The van der Waals surface area contributed by atoms with Gasteiger partial charge in [0.05, 0.1) is 26.0 Å². The van der Waals surface area contributed by atoms with E-state index in [4.69, 9.17) is 31.8 Å². The van der Waals surface area contributed by atoms with Crippen molar-refractivity contribution in [1.82, 2.24) is 9.97 Å². The molecule has 26 heavy (non-hydrogen) atoms. The summed E-state index contributed by atoms with van der Waals surface area (Å²) >= 11 is 6.36. The number of hydrogen-bond acceptors (Lipinski definition) is 7. The van der Waals surface area contributed by atoms with Crippen molar-refractivity contribution in [2.24, 2.45) is 10.7 Å². The maximum atomic E-state index is 6.36. The Balaban J connectivity index is 2.00. The molecule has 0 radical (unpaired) electrons. The molecule has 1 fully saturated rings. The van der Waals surface area contributed by atoms with Gasteiger partial charge in [0.1, 0.15) is 0 Å². The van der Waals surface area contributed by atoms with Gasteiger partial charge in [-0.05, 0) is 24.4 Å². The number of aliphatic imine (C=N–C) groups is 1. The molecule has 3 rings (SSSR count). The quantitative estimate of drug-likeness (QED) is 0.640. The second kappa shape index (κ2) is 8.64. The minimum absolute atomic E-state index is 0.277. The van der Waals surface area contributed by atoms with Crippen LogP contribution in [0.1, 0.15) is 0 Å². The predicted molar refractivity (Wildman–Crippen MR) is 104 cm³/mol. The van der Waals surface area contributed by atoms with Gasteiger partial charge >= 0.3 is 0 Å². The van der Waals surface area contributed by atoms with Crippen LogP contribution in [0.5, 0.6) is 5.75 Å². The molecule has 1 aromatic heterocycles. The molecule has 1 aliphatic heterocycles. The molecular weight excluding hydrogens is 354 g/mol. The molecule has 0 bridgehead atoms. The molecule has 7 nitrogen and oxygen atoms in total. The Labute approximate surface area is 157 Å². The highest BCUT2D eigenvalue weighted by Gasteiger charge is 2.22. The molecular formula is C18H20ClN5O2. The van der Waals surface area contributed by atoms with Crippen molar-refractivity contribution in [2.75, 3.05) is 38.3 Å². The molecule has 1 saturated heterocycles. The molecule has 1 aromatic carbocycles. The lowest BCUT2D eigenvalue weighted by atomic mass is 10.2. The van der Waals surface area contributed by atoms with Gasteiger partial charge in [-0.25, -0.2) is 9.97 Å². The average Bonchev–Trinajstić information content (AvgIpc) is 2.68. The summed E-state index contributed by atoms with van der Waals surface area (Å²) in [5.41, 5.74) is 6.90. The Morgan fingerprint density at radius 3 is 2.85 bits per heavy atom. The molecule has 0 saturated carbocycles. The van der Waals surface area contributed by atoms with Crippen LogP contribution < -0.4 is 15.4 Å². The number of anilines is 1. The lowest BCUT2D eigenvalue weighted by molar-refractivity contribution is 0.122. The van der Waals surface area contributed by atoms with Crippen molar-refractivity contribution in [1.29, 1.82) is 0 Å². The van der Waals surface area contributed by atoms with E-state index in [9.17, 15) is 0 Å². The van der Waals surface area contributed by atoms with E-state index in [0.29, 0.717) is 30.6 Å². The van der Waals surface area contributed by atoms with Crippen LogP contribution in [-0.4, -0.2) is 49.6 Å². The van der Waals surface area contributed by atoms with Gasteiger partial charge in [-0.2, -0.15) is 0 Å². The molecule has 0 aliphatic carbocycles. The molecule has 0 amide bonds. The van der Waals surface area contributed by atoms with E-state index in [0.717, 1.165) is 24.3 Å². The molecule has 0 unspecified atom stereocenters. The van der Waals surface area contributed by atoms with E-state index in [1.165, 1.54) is 6.20 Å². The summed E-state index contributed by atoms with van der Waals surface area (Å²) in [6.07, 6.45) is 4.71. The number of allylic oxidation sites excluding steroid dienone is 1. The topological polar surface area (TPSA) is 85.9 Å². The minimum Gasteiger partial charge on any atom is -0.490 e. The summed E-state index contributed by atoms with van der Waals surface area (Å²) < 4.78 is 10.8. The molecule has 0 atom stereocenters. The maximum absolute atomic E-state index is 6.36. The van der Waals surface area contributed by atoms with Crippen LogP contribution in [-0.2, 0) is 4.74 Å². The Bertz CT molecular complexity index is 819. The fourth-order valence-corrected chi connectivity index (χ4v) is 2.85. The number of rotatable bonds is 5. The van der Waals surface area contributed by atoms with E-state index in [1.807, 2.05) is 24.3 Å². The number of hydrogen-bond donors (Lipinski definition) is 1. The zero-order valence-electron chi connectivity index (χ0n) is 14.4. The lowest BCUT2D eigenvalue weighted by Crippen LogP contribution is -2.37. The number of halogens is 1. The van der Waals surface area contributed by atoms with Crippen LogP contribution in [0.25, 0.3) is 11.4 Å². The van der Waals surface area contributed by atoms with Gasteiger partial charge in [0.2, 0.25) is 0 Å². The second-order valence-corrected chi connectivity index (χ2v) is 5.87. The van der Waals surface area contributed by atoms with E-state index in [-0.39, 0.29) is 5.15 Å². The van der Waals surface area contributed by atoms with Gasteiger partial charge in [0.25, 0.3) is 0 Å². The van der Waals surface area contributed by atoms with Crippen LogP contribution >= 0.6 is 11.6 Å². The number of benzene rings is 1. The van der Waals surface area contributed by atoms with Crippen molar-refractivity contribution >= 4 is 29.3 Å². The predicted octanol–water partition coefficient (Wildman–Crippen LogP) is 2.82. The summed E-state index contributed by atoms with van der Waals surface area (Å²) in [5, 5.41) is 0.277. The SMILES string of the molecule is COc1c(Cl)nc(-c2cccc(N=C/C=C\N)c2)nc1N1CCOCC1. The van der Waals surface area contributed by atoms with Gasteiger partial charge in [0, 0.05) is 24.9 Å². The zero-order valence-corrected chi connectivity index (χ0v) is 15.2. The van der Waals surface area contributed by atoms with E-state index < -0.39 is 0 Å². The highest BCUT2D eigenvalue weighted by atomic mass is 35.5. The van der Waals surface area contributed by atoms with Gasteiger partial charge in [0.15, 0.2) is 22.5 Å². The first-order chi connectivity index (χ1) is 12.7. The molecule has 0 spiro atoms. The fourth-order valence-electron chi connectivity index (χ4n) is 2.61. The van der Waals surface area contributed by atoms with E-state index >= 15 is 0 Å². The molecule has 8 heteroatoms. The van der Waals surface area contributed by atoms with Gasteiger partial charge in [-0.15, -0.1) is 0 Å². The number of nitrogens with zero attached hydrogens (tertiary/aromatic N) is 4. The van der Waals surface area contributed by atoms with Crippen molar-refractivity contribution in [3.8, 4) is 17.1 Å².